The minimum absolute atomic E-state index is 0.0352. The summed E-state index contributed by atoms with van der Waals surface area (Å²) in [4.78, 5) is 40.2. The molecule has 0 aromatic rings. The normalized spacial score (nSPS) is 19.4. The molecule has 10 nitrogen and oxygen atoms in total. The van der Waals surface area contributed by atoms with Crippen molar-refractivity contribution in [2.75, 3.05) is 31.5 Å². The van der Waals surface area contributed by atoms with Crippen LogP contribution in [0.3, 0.4) is 0 Å². The van der Waals surface area contributed by atoms with E-state index in [1.807, 2.05) is 19.1 Å². The van der Waals surface area contributed by atoms with E-state index < -0.39 is 11.0 Å². The smallest absolute Gasteiger partial charge is 0.274 e. The van der Waals surface area contributed by atoms with Crippen LogP contribution in [0.5, 0.6) is 0 Å². The molecule has 1 aliphatic carbocycles. The van der Waals surface area contributed by atoms with Crippen LogP contribution in [0, 0.1) is 10.1 Å². The zero-order chi connectivity index (χ0) is 24.1. The number of carbonyl (C=O) groups is 2. The monoisotopic (exact) mass is 469 g/mol. The number of nitrogens with zero attached hydrogens (tertiary/aromatic N) is 3. The van der Waals surface area contributed by atoms with Crippen molar-refractivity contribution in [2.45, 2.75) is 51.5 Å². The van der Waals surface area contributed by atoms with Gasteiger partial charge in [-0.05, 0) is 56.2 Å². The van der Waals surface area contributed by atoms with Gasteiger partial charge in [-0.25, -0.2) is 0 Å². The highest BCUT2D eigenvalue weighted by Gasteiger charge is 2.31. The molecule has 2 saturated heterocycles. The van der Waals surface area contributed by atoms with Crippen LogP contribution in [0.2, 0.25) is 0 Å². The highest BCUT2D eigenvalue weighted by atomic mass is 16.6. The van der Waals surface area contributed by atoms with Gasteiger partial charge in [0.25, 0.3) is 6.20 Å². The molecule has 10 heteroatoms. The van der Waals surface area contributed by atoms with Gasteiger partial charge < -0.3 is 24.9 Å². The molecular weight excluding hydrogens is 438 g/mol. The Balaban J connectivity index is 1.52. The molecule has 0 radical (unpaired) electrons. The molecule has 0 aromatic carbocycles. The lowest BCUT2D eigenvalue weighted by Crippen LogP contribution is -2.49. The van der Waals surface area contributed by atoms with Crippen LogP contribution in [-0.2, 0) is 16.0 Å². The van der Waals surface area contributed by atoms with E-state index in [4.69, 9.17) is 4.42 Å². The first-order valence-corrected chi connectivity index (χ1v) is 11.9. The van der Waals surface area contributed by atoms with E-state index in [2.05, 4.69) is 10.6 Å². The van der Waals surface area contributed by atoms with Crippen LogP contribution >= 0.6 is 0 Å². The molecule has 1 atom stereocenters. The van der Waals surface area contributed by atoms with E-state index in [0.29, 0.717) is 13.0 Å². The lowest BCUT2D eigenvalue weighted by Gasteiger charge is -2.27. The summed E-state index contributed by atoms with van der Waals surface area (Å²) in [5.74, 6) is -0.103. The maximum atomic E-state index is 13.3. The lowest BCUT2D eigenvalue weighted by atomic mass is 10.1. The third-order valence-corrected chi connectivity index (χ3v) is 6.51. The van der Waals surface area contributed by atoms with Gasteiger partial charge in [-0.1, -0.05) is 6.92 Å². The summed E-state index contributed by atoms with van der Waals surface area (Å²) in [5.41, 5.74) is 3.50. The molecule has 2 fully saturated rings. The summed E-state index contributed by atoms with van der Waals surface area (Å²) in [6, 6.07) is 3.13. The van der Waals surface area contributed by atoms with Crippen LogP contribution in [0.15, 0.2) is 41.1 Å². The van der Waals surface area contributed by atoms with Crippen molar-refractivity contribution in [3.05, 3.63) is 52.4 Å². The first kappa shape index (κ1) is 23.6. The van der Waals surface area contributed by atoms with Gasteiger partial charge >= 0.3 is 0 Å². The average molecular weight is 470 g/mol. The maximum absolute atomic E-state index is 13.3. The van der Waals surface area contributed by atoms with Crippen LogP contribution in [0.4, 0.5) is 5.69 Å². The van der Waals surface area contributed by atoms with Crippen molar-refractivity contribution in [1.82, 2.24) is 15.1 Å². The topological polar surface area (TPSA) is 121 Å². The molecule has 182 valence electrons. The molecule has 3 heterocycles. The summed E-state index contributed by atoms with van der Waals surface area (Å²) in [6.07, 6.45) is 8.85. The Hall–Kier alpha value is -3.56. The van der Waals surface area contributed by atoms with Crippen molar-refractivity contribution < 1.29 is 18.9 Å². The van der Waals surface area contributed by atoms with Crippen molar-refractivity contribution in [1.29, 1.82) is 0 Å². The molecule has 0 saturated carbocycles. The van der Waals surface area contributed by atoms with Gasteiger partial charge in [0.15, 0.2) is 5.82 Å². The molecule has 2 N–H and O–H groups in total. The van der Waals surface area contributed by atoms with Gasteiger partial charge in [-0.2, -0.15) is 0 Å². The highest BCUT2D eigenvalue weighted by Crippen LogP contribution is 2.37. The Morgan fingerprint density at radius 2 is 2.03 bits per heavy atom. The largest absolute Gasteiger partial charge is 0.472 e. The zero-order valence-electron chi connectivity index (χ0n) is 19.4. The fourth-order valence-electron chi connectivity index (χ4n) is 4.74. The van der Waals surface area contributed by atoms with Crippen LogP contribution in [-0.4, -0.2) is 58.8 Å². The summed E-state index contributed by atoms with van der Waals surface area (Å²) >= 11 is 0. The van der Waals surface area contributed by atoms with Gasteiger partial charge in [0.05, 0.1) is 29.7 Å². The first-order valence-electron chi connectivity index (χ1n) is 11.9. The third kappa shape index (κ3) is 5.32. The van der Waals surface area contributed by atoms with Crippen molar-refractivity contribution in [3.8, 4) is 11.1 Å². The van der Waals surface area contributed by atoms with Crippen LogP contribution in [0.25, 0.3) is 11.1 Å². The molecule has 2 amide bonds. The fraction of sp³-hybridized carbons (Fsp3) is 0.500. The van der Waals surface area contributed by atoms with Gasteiger partial charge in [0.2, 0.25) is 11.8 Å². The zero-order valence-corrected chi connectivity index (χ0v) is 19.4. The summed E-state index contributed by atoms with van der Waals surface area (Å²) in [6.45, 7) is 4.04. The van der Waals surface area contributed by atoms with Crippen molar-refractivity contribution in [3.63, 3.8) is 0 Å². The predicted molar refractivity (Wildman–Crippen MR) is 127 cm³/mol. The standard InChI is InChI=1S/C24H31N5O5/c1-2-17-13-18-16-34-12-8-19(18)23(17)26-21(14-29(32)33)25-20-7-3-4-11-28(24(20)31)15-22(30)27-9-5-6-10-27/h8,12-14,16,20,25-26H,2-7,9-11,15H2,1H3/t20-/m0/s1. The predicted octanol–water partition coefficient (Wildman–Crippen LogP) is 3.03. The number of carbonyl (C=O) groups excluding carboxylic acids is 2. The molecule has 4 aliphatic rings. The molecule has 0 spiro atoms. The Kier molecular flexibility index (Phi) is 7.34. The number of fused-ring (bicyclic) bond motifs is 1. The molecule has 4 rings (SSSR count). The molecule has 0 unspecified atom stereocenters. The van der Waals surface area contributed by atoms with Crippen molar-refractivity contribution in [2.24, 2.45) is 0 Å². The Morgan fingerprint density at radius 1 is 1.26 bits per heavy atom. The van der Waals surface area contributed by atoms with E-state index in [-0.39, 0.29) is 24.2 Å². The number of likely N-dealkylation sites (tertiary alicyclic amines) is 2. The Morgan fingerprint density at radius 3 is 2.76 bits per heavy atom. The quantitative estimate of drug-likeness (QED) is 0.450. The number of amides is 2. The summed E-state index contributed by atoms with van der Waals surface area (Å²) in [7, 11) is 0. The Labute approximate surface area is 198 Å². The van der Waals surface area contributed by atoms with Crippen LogP contribution in [0.1, 0.15) is 44.6 Å². The number of nitrogens with one attached hydrogen (secondary N) is 2. The van der Waals surface area contributed by atoms with E-state index in [0.717, 1.165) is 73.8 Å². The van der Waals surface area contributed by atoms with E-state index in [1.165, 1.54) is 0 Å². The second-order valence-corrected chi connectivity index (χ2v) is 8.82. The SMILES string of the molecule is CCc1cc2coccc-2c1NC(=C[N+](=O)[O-])N[C@H]1CCCCN(CC(=O)N2CCCC2)C1=O. The number of rotatable bonds is 8. The molecule has 0 aromatic heterocycles. The van der Waals surface area contributed by atoms with E-state index in [9.17, 15) is 19.7 Å². The second kappa shape index (κ2) is 10.6. The summed E-state index contributed by atoms with van der Waals surface area (Å²) < 4.78 is 5.26. The fourth-order valence-corrected chi connectivity index (χ4v) is 4.74. The first-order chi connectivity index (χ1) is 16.5. The molecule has 0 bridgehead atoms. The van der Waals surface area contributed by atoms with Gasteiger partial charge in [0.1, 0.15) is 6.04 Å². The number of hydrogen-bond acceptors (Lipinski definition) is 7. The van der Waals surface area contributed by atoms with Gasteiger partial charge in [-0.3, -0.25) is 19.7 Å². The number of nitro groups is 1. The van der Waals surface area contributed by atoms with Gasteiger partial charge in [0, 0.05) is 30.8 Å². The van der Waals surface area contributed by atoms with Crippen LogP contribution < -0.4 is 10.6 Å². The molecule has 34 heavy (non-hydrogen) atoms. The highest BCUT2D eigenvalue weighted by molar-refractivity contribution is 5.88. The number of aryl methyl sites for hydroxylation is 1. The van der Waals surface area contributed by atoms with E-state index >= 15 is 0 Å². The lowest BCUT2D eigenvalue weighted by molar-refractivity contribution is -0.403. The third-order valence-electron chi connectivity index (χ3n) is 6.51. The number of anilines is 1. The maximum Gasteiger partial charge on any atom is 0.274 e. The van der Waals surface area contributed by atoms with E-state index in [1.54, 1.807) is 22.3 Å². The minimum Gasteiger partial charge on any atom is -0.472 e. The second-order valence-electron chi connectivity index (χ2n) is 8.82. The van der Waals surface area contributed by atoms with Crippen molar-refractivity contribution >= 4 is 17.5 Å². The Bertz CT molecular complexity index is 1040. The minimum atomic E-state index is -0.658. The molecular formula is C24H31N5O5. The van der Waals surface area contributed by atoms with Gasteiger partial charge in [-0.15, -0.1) is 0 Å². The molecule has 3 aliphatic heterocycles. The summed E-state index contributed by atoms with van der Waals surface area (Å²) in [5, 5.41) is 17.6. The average Bonchev–Trinajstić information content (AvgIpc) is 3.44. The number of hydrogen-bond donors (Lipinski definition) is 2.